The number of carbonyl (C=O) groups is 1. The maximum absolute atomic E-state index is 11.6. The lowest BCUT2D eigenvalue weighted by Crippen LogP contribution is -2.41. The van der Waals surface area contributed by atoms with Gasteiger partial charge in [0, 0.05) is 38.0 Å². The topological polar surface area (TPSA) is 65.5 Å². The molecule has 1 aromatic rings. The fraction of sp³-hybridized carbons (Fsp3) is 0.579. The number of amides is 1. The Balaban J connectivity index is 0.00000225. The Morgan fingerprint density at radius 3 is 2.52 bits per heavy atom. The predicted octanol–water partition coefficient (Wildman–Crippen LogP) is 2.56. The highest BCUT2D eigenvalue weighted by Gasteiger charge is 2.43. The van der Waals surface area contributed by atoms with Crippen LogP contribution in [0.4, 0.5) is 0 Å². The second kappa shape index (κ2) is 9.40. The number of benzene rings is 1. The minimum Gasteiger partial charge on any atom is -0.356 e. The highest BCUT2D eigenvalue weighted by atomic mass is 127. The molecular weight excluding hydrogens is 427 g/mol. The smallest absolute Gasteiger partial charge is 0.220 e. The van der Waals surface area contributed by atoms with Crippen molar-refractivity contribution >= 4 is 35.8 Å². The van der Waals surface area contributed by atoms with E-state index >= 15 is 0 Å². The number of guanidine groups is 1. The average Bonchev–Trinajstić information content (AvgIpc) is 3.51. The third kappa shape index (κ3) is 6.17. The minimum absolute atomic E-state index is 0. The van der Waals surface area contributed by atoms with Crippen molar-refractivity contribution in [2.45, 2.75) is 50.0 Å². The van der Waals surface area contributed by atoms with Gasteiger partial charge in [-0.1, -0.05) is 30.3 Å². The van der Waals surface area contributed by atoms with Crippen LogP contribution in [0.3, 0.4) is 0 Å². The highest BCUT2D eigenvalue weighted by Crippen LogP contribution is 2.47. The summed E-state index contributed by atoms with van der Waals surface area (Å²) in [5.41, 5.74) is 1.67. The van der Waals surface area contributed by atoms with Gasteiger partial charge in [0.1, 0.15) is 0 Å². The number of halogens is 1. The van der Waals surface area contributed by atoms with E-state index in [2.05, 4.69) is 51.3 Å². The van der Waals surface area contributed by atoms with Crippen LogP contribution in [-0.4, -0.2) is 38.0 Å². The van der Waals surface area contributed by atoms with Crippen molar-refractivity contribution in [2.75, 3.05) is 20.1 Å². The van der Waals surface area contributed by atoms with Crippen molar-refractivity contribution < 1.29 is 4.79 Å². The zero-order valence-electron chi connectivity index (χ0n) is 14.9. The molecule has 1 aromatic carbocycles. The maximum Gasteiger partial charge on any atom is 0.220 e. The quantitative estimate of drug-likeness (QED) is 0.244. The molecule has 2 aliphatic rings. The van der Waals surface area contributed by atoms with Crippen LogP contribution in [0.2, 0.25) is 0 Å². The van der Waals surface area contributed by atoms with Gasteiger partial charge in [0.05, 0.1) is 0 Å². The van der Waals surface area contributed by atoms with Gasteiger partial charge in [-0.25, -0.2) is 0 Å². The third-order valence-electron chi connectivity index (χ3n) is 4.87. The molecule has 3 rings (SSSR count). The number of aliphatic imine (C=N–C) groups is 1. The van der Waals surface area contributed by atoms with Crippen molar-refractivity contribution in [3.05, 3.63) is 35.9 Å². The van der Waals surface area contributed by atoms with Gasteiger partial charge in [-0.15, -0.1) is 24.0 Å². The van der Waals surface area contributed by atoms with Gasteiger partial charge in [-0.2, -0.15) is 0 Å². The van der Waals surface area contributed by atoms with E-state index in [1.165, 1.54) is 18.4 Å². The summed E-state index contributed by atoms with van der Waals surface area (Å²) >= 11 is 0. The van der Waals surface area contributed by atoms with Gasteiger partial charge in [-0.05, 0) is 37.7 Å². The first-order valence-corrected chi connectivity index (χ1v) is 9.01. The summed E-state index contributed by atoms with van der Waals surface area (Å²) < 4.78 is 0. The molecule has 0 aromatic heterocycles. The second-order valence-electron chi connectivity index (χ2n) is 6.94. The third-order valence-corrected chi connectivity index (χ3v) is 4.87. The van der Waals surface area contributed by atoms with Crippen LogP contribution in [0.25, 0.3) is 0 Å². The number of nitrogens with zero attached hydrogens (tertiary/aromatic N) is 1. The van der Waals surface area contributed by atoms with E-state index in [-0.39, 0.29) is 35.3 Å². The number of rotatable bonds is 8. The number of hydrogen-bond acceptors (Lipinski definition) is 2. The molecule has 5 nitrogen and oxygen atoms in total. The summed E-state index contributed by atoms with van der Waals surface area (Å²) in [4.78, 5) is 15.9. The number of nitrogens with one attached hydrogen (secondary N) is 3. The number of hydrogen-bond donors (Lipinski definition) is 3. The molecule has 0 saturated heterocycles. The van der Waals surface area contributed by atoms with Crippen molar-refractivity contribution in [1.82, 2.24) is 16.0 Å². The molecule has 0 atom stereocenters. The lowest BCUT2D eigenvalue weighted by molar-refractivity contribution is -0.121. The molecule has 25 heavy (non-hydrogen) atoms. The summed E-state index contributed by atoms with van der Waals surface area (Å²) in [6.45, 7) is 1.66. The predicted molar refractivity (Wildman–Crippen MR) is 113 cm³/mol. The van der Waals surface area contributed by atoms with Crippen LogP contribution in [0, 0.1) is 0 Å². The Hall–Kier alpha value is -1.31. The molecule has 2 saturated carbocycles. The zero-order valence-corrected chi connectivity index (χ0v) is 17.2. The first kappa shape index (κ1) is 20.0. The lowest BCUT2D eigenvalue weighted by Gasteiger charge is -2.19. The first-order chi connectivity index (χ1) is 11.7. The average molecular weight is 456 g/mol. The molecule has 0 bridgehead atoms. The van der Waals surface area contributed by atoms with Gasteiger partial charge in [0.15, 0.2) is 5.96 Å². The second-order valence-corrected chi connectivity index (χ2v) is 6.94. The van der Waals surface area contributed by atoms with Gasteiger partial charge in [-0.3, -0.25) is 9.79 Å². The minimum atomic E-state index is 0. The molecule has 3 N–H and O–H groups in total. The Morgan fingerprint density at radius 2 is 1.92 bits per heavy atom. The zero-order chi connectivity index (χ0) is 16.8. The van der Waals surface area contributed by atoms with E-state index in [1.807, 2.05) is 0 Å². The standard InChI is InChI=1S/C19H28N4O.HI/c1-20-18(21-13-5-8-17(24)23-16-9-10-16)22-14-19(11-12-19)15-6-3-2-4-7-15;/h2-4,6-7,16H,5,8-14H2,1H3,(H,23,24)(H2,20,21,22);1H. The molecule has 0 radical (unpaired) electrons. The highest BCUT2D eigenvalue weighted by molar-refractivity contribution is 14.0. The van der Waals surface area contributed by atoms with E-state index < -0.39 is 0 Å². The van der Waals surface area contributed by atoms with Crippen LogP contribution in [0.15, 0.2) is 35.3 Å². The molecular formula is C19H29IN4O. The Labute approximate surface area is 167 Å². The summed E-state index contributed by atoms with van der Waals surface area (Å²) in [6, 6.07) is 11.1. The van der Waals surface area contributed by atoms with E-state index in [1.54, 1.807) is 7.05 Å². The largest absolute Gasteiger partial charge is 0.356 e. The molecule has 0 aliphatic heterocycles. The van der Waals surface area contributed by atoms with E-state index in [0.29, 0.717) is 12.5 Å². The molecule has 0 unspecified atom stereocenters. The van der Waals surface area contributed by atoms with Crippen molar-refractivity contribution in [2.24, 2.45) is 4.99 Å². The molecule has 1 amide bonds. The molecule has 0 spiro atoms. The summed E-state index contributed by atoms with van der Waals surface area (Å²) in [5.74, 6) is 0.989. The Kier molecular flexibility index (Phi) is 7.53. The van der Waals surface area contributed by atoms with Crippen molar-refractivity contribution in [3.63, 3.8) is 0 Å². The van der Waals surface area contributed by atoms with E-state index in [4.69, 9.17) is 0 Å². The van der Waals surface area contributed by atoms with Crippen molar-refractivity contribution in [3.8, 4) is 0 Å². The van der Waals surface area contributed by atoms with Crippen LogP contribution in [-0.2, 0) is 10.2 Å². The Morgan fingerprint density at radius 1 is 1.20 bits per heavy atom. The van der Waals surface area contributed by atoms with Gasteiger partial charge in [0.2, 0.25) is 5.91 Å². The van der Waals surface area contributed by atoms with Gasteiger partial charge in [0.25, 0.3) is 0 Å². The summed E-state index contributed by atoms with van der Waals surface area (Å²) in [6.07, 6.45) is 6.13. The van der Waals surface area contributed by atoms with E-state index in [9.17, 15) is 4.79 Å². The normalized spacial score (nSPS) is 18.0. The fourth-order valence-electron chi connectivity index (χ4n) is 2.97. The monoisotopic (exact) mass is 456 g/mol. The van der Waals surface area contributed by atoms with E-state index in [0.717, 1.165) is 38.3 Å². The van der Waals surface area contributed by atoms with Gasteiger partial charge >= 0.3 is 0 Å². The van der Waals surface area contributed by atoms with Crippen LogP contribution in [0.5, 0.6) is 0 Å². The molecule has 0 heterocycles. The summed E-state index contributed by atoms with van der Waals surface area (Å²) in [5, 5.41) is 9.76. The van der Waals surface area contributed by atoms with Crippen LogP contribution < -0.4 is 16.0 Å². The van der Waals surface area contributed by atoms with Gasteiger partial charge < -0.3 is 16.0 Å². The van der Waals surface area contributed by atoms with Crippen LogP contribution >= 0.6 is 24.0 Å². The molecule has 2 fully saturated rings. The fourth-order valence-corrected chi connectivity index (χ4v) is 2.97. The molecule has 138 valence electrons. The summed E-state index contributed by atoms with van der Waals surface area (Å²) in [7, 11) is 1.79. The molecule has 2 aliphatic carbocycles. The van der Waals surface area contributed by atoms with Crippen LogP contribution in [0.1, 0.15) is 44.1 Å². The number of carbonyl (C=O) groups excluding carboxylic acids is 1. The SMILES string of the molecule is CN=C(NCCCC(=O)NC1CC1)NCC1(c2ccccc2)CC1.I. The first-order valence-electron chi connectivity index (χ1n) is 9.01. The maximum atomic E-state index is 11.6. The molecule has 6 heteroatoms. The van der Waals surface area contributed by atoms with Crippen molar-refractivity contribution in [1.29, 1.82) is 0 Å². The lowest BCUT2D eigenvalue weighted by atomic mass is 9.96. The Bertz CT molecular complexity index is 582.